The van der Waals surface area contributed by atoms with Gasteiger partial charge in [-0.2, -0.15) is 7.05 Å². The molecule has 98 valence electrons. The van der Waals surface area contributed by atoms with E-state index in [1.54, 1.807) is 5.57 Å². The molecule has 0 aromatic heterocycles. The number of hydrogen-bond donors (Lipinski definition) is 0. The molecule has 0 aromatic carbocycles. The molecular formula is C16H28N-. The highest BCUT2D eigenvalue weighted by Crippen LogP contribution is 2.55. The van der Waals surface area contributed by atoms with Crippen molar-refractivity contribution in [3.8, 4) is 0 Å². The summed E-state index contributed by atoms with van der Waals surface area (Å²) in [6, 6.07) is 0.559. The van der Waals surface area contributed by atoms with Crippen LogP contribution >= 0.6 is 0 Å². The van der Waals surface area contributed by atoms with Crippen LogP contribution in [0.25, 0.3) is 5.32 Å². The van der Waals surface area contributed by atoms with Crippen LogP contribution in [0, 0.1) is 23.2 Å². The van der Waals surface area contributed by atoms with Crippen molar-refractivity contribution >= 4 is 0 Å². The highest BCUT2D eigenvalue weighted by Gasteiger charge is 2.45. The smallest absolute Gasteiger partial charge is 0.0244 e. The van der Waals surface area contributed by atoms with Crippen molar-refractivity contribution in [1.82, 2.24) is 0 Å². The zero-order valence-electron chi connectivity index (χ0n) is 12.2. The molecule has 0 amide bonds. The summed E-state index contributed by atoms with van der Waals surface area (Å²) in [4.78, 5) is 0. The first-order valence-corrected chi connectivity index (χ1v) is 7.28. The maximum Gasteiger partial charge on any atom is -0.0244 e. The molecule has 0 aliphatic heterocycles. The predicted octanol–water partition coefficient (Wildman–Crippen LogP) is 4.79. The molecule has 0 saturated heterocycles. The van der Waals surface area contributed by atoms with E-state index in [1.807, 2.05) is 7.05 Å². The number of nitrogens with zero attached hydrogens (tertiary/aromatic N) is 1. The first-order valence-electron chi connectivity index (χ1n) is 7.28. The number of allylic oxidation sites excluding steroid dienone is 1. The molecule has 0 N–H and O–H groups in total. The highest BCUT2D eigenvalue weighted by molar-refractivity contribution is 5.25. The van der Waals surface area contributed by atoms with Crippen molar-refractivity contribution in [1.29, 1.82) is 0 Å². The molecule has 0 heterocycles. The Bertz CT molecular complexity index is 305. The van der Waals surface area contributed by atoms with Crippen LogP contribution in [0.15, 0.2) is 11.6 Å². The minimum absolute atomic E-state index is 0.395. The first kappa shape index (κ1) is 13.1. The van der Waals surface area contributed by atoms with Gasteiger partial charge in [0.2, 0.25) is 0 Å². The molecule has 1 heteroatoms. The third-order valence-electron chi connectivity index (χ3n) is 5.41. The molecule has 1 spiro atoms. The van der Waals surface area contributed by atoms with Crippen LogP contribution < -0.4 is 0 Å². The second kappa shape index (κ2) is 4.76. The zero-order chi connectivity index (χ0) is 12.6. The van der Waals surface area contributed by atoms with Crippen LogP contribution in [0.2, 0.25) is 0 Å². The van der Waals surface area contributed by atoms with Crippen molar-refractivity contribution in [2.75, 3.05) is 7.05 Å². The molecule has 17 heavy (non-hydrogen) atoms. The van der Waals surface area contributed by atoms with E-state index in [0.29, 0.717) is 11.5 Å². The zero-order valence-corrected chi connectivity index (χ0v) is 12.2. The van der Waals surface area contributed by atoms with E-state index in [9.17, 15) is 0 Å². The van der Waals surface area contributed by atoms with Crippen LogP contribution in [0.4, 0.5) is 0 Å². The van der Waals surface area contributed by atoms with Gasteiger partial charge in [-0.15, -0.1) is 6.04 Å². The Labute approximate surface area is 107 Å². The van der Waals surface area contributed by atoms with E-state index in [-0.39, 0.29) is 0 Å². The lowest BCUT2D eigenvalue weighted by atomic mass is 9.58. The maximum atomic E-state index is 4.83. The average molecular weight is 234 g/mol. The highest BCUT2D eigenvalue weighted by atomic mass is 14.9. The minimum atomic E-state index is 0.395. The van der Waals surface area contributed by atoms with Crippen molar-refractivity contribution in [3.63, 3.8) is 0 Å². The van der Waals surface area contributed by atoms with Crippen molar-refractivity contribution < 1.29 is 0 Å². The van der Waals surface area contributed by atoms with Gasteiger partial charge in [-0.1, -0.05) is 44.8 Å². The SMILES string of the molecule is C[N-]C1C(C(C)C)CCC(C)C12C=C(C)CC2. The molecule has 1 saturated carbocycles. The fourth-order valence-corrected chi connectivity index (χ4v) is 4.33. The van der Waals surface area contributed by atoms with E-state index >= 15 is 0 Å². The molecule has 1 nitrogen and oxygen atoms in total. The second-order valence-corrected chi connectivity index (χ2v) is 6.69. The number of hydrogen-bond acceptors (Lipinski definition) is 0. The lowest BCUT2D eigenvalue weighted by Gasteiger charge is -2.57. The predicted molar refractivity (Wildman–Crippen MR) is 75.2 cm³/mol. The summed E-state index contributed by atoms with van der Waals surface area (Å²) in [6.07, 6.45) is 7.98. The number of rotatable bonds is 2. The molecule has 2 aliphatic carbocycles. The molecule has 4 unspecified atom stereocenters. The first-order chi connectivity index (χ1) is 8.01. The quantitative estimate of drug-likeness (QED) is 0.610. The van der Waals surface area contributed by atoms with Crippen molar-refractivity contribution in [3.05, 3.63) is 17.0 Å². The summed E-state index contributed by atoms with van der Waals surface area (Å²) < 4.78 is 0. The van der Waals surface area contributed by atoms with Crippen LogP contribution in [0.5, 0.6) is 0 Å². The molecular weight excluding hydrogens is 206 g/mol. The van der Waals surface area contributed by atoms with Crippen molar-refractivity contribution in [2.45, 2.75) is 59.4 Å². The summed E-state index contributed by atoms with van der Waals surface area (Å²) in [5.74, 6) is 2.37. The third kappa shape index (κ3) is 2.07. The fourth-order valence-electron chi connectivity index (χ4n) is 4.33. The van der Waals surface area contributed by atoms with Gasteiger partial charge in [-0.3, -0.25) is 0 Å². The Balaban J connectivity index is 2.33. The summed E-state index contributed by atoms with van der Waals surface area (Å²) in [5.41, 5.74) is 1.99. The molecule has 0 radical (unpaired) electrons. The van der Waals surface area contributed by atoms with Gasteiger partial charge < -0.3 is 5.32 Å². The summed E-state index contributed by atoms with van der Waals surface area (Å²) >= 11 is 0. The molecule has 0 aromatic rings. The summed E-state index contributed by atoms with van der Waals surface area (Å²) in [5, 5.41) is 4.83. The van der Waals surface area contributed by atoms with Gasteiger partial charge >= 0.3 is 0 Å². The Morgan fingerprint density at radius 3 is 2.53 bits per heavy atom. The van der Waals surface area contributed by atoms with Gasteiger partial charge in [-0.25, -0.2) is 0 Å². The van der Waals surface area contributed by atoms with Gasteiger partial charge in [0.1, 0.15) is 0 Å². The third-order valence-corrected chi connectivity index (χ3v) is 5.41. The van der Waals surface area contributed by atoms with E-state index in [2.05, 4.69) is 33.8 Å². The Hall–Kier alpha value is -0.300. The fraction of sp³-hybridized carbons (Fsp3) is 0.875. The Morgan fingerprint density at radius 2 is 2.06 bits per heavy atom. The van der Waals surface area contributed by atoms with Gasteiger partial charge in [0, 0.05) is 0 Å². The van der Waals surface area contributed by atoms with E-state index in [0.717, 1.165) is 17.8 Å². The molecule has 2 rings (SSSR count). The molecule has 0 bridgehead atoms. The average Bonchev–Trinajstić information content (AvgIpc) is 2.65. The summed E-state index contributed by atoms with van der Waals surface area (Å²) in [6.45, 7) is 9.49. The monoisotopic (exact) mass is 234 g/mol. The van der Waals surface area contributed by atoms with E-state index < -0.39 is 0 Å². The van der Waals surface area contributed by atoms with Crippen LogP contribution in [-0.4, -0.2) is 13.1 Å². The van der Waals surface area contributed by atoms with Gasteiger partial charge in [0.25, 0.3) is 0 Å². The second-order valence-electron chi connectivity index (χ2n) is 6.69. The molecule has 2 aliphatic rings. The summed E-state index contributed by atoms with van der Waals surface area (Å²) in [7, 11) is 2.04. The van der Waals surface area contributed by atoms with Gasteiger partial charge in [0.05, 0.1) is 0 Å². The van der Waals surface area contributed by atoms with E-state index in [4.69, 9.17) is 5.32 Å². The topological polar surface area (TPSA) is 14.1 Å². The largest absolute Gasteiger partial charge is 0.661 e. The normalized spacial score (nSPS) is 42.2. The van der Waals surface area contributed by atoms with Crippen LogP contribution in [0.3, 0.4) is 0 Å². The van der Waals surface area contributed by atoms with E-state index in [1.165, 1.54) is 25.7 Å². The van der Waals surface area contributed by atoms with Gasteiger partial charge in [0.15, 0.2) is 0 Å². The lowest BCUT2D eigenvalue weighted by Crippen LogP contribution is -2.47. The Kier molecular flexibility index (Phi) is 3.68. The minimum Gasteiger partial charge on any atom is -0.661 e. The molecule has 1 fully saturated rings. The van der Waals surface area contributed by atoms with Gasteiger partial charge in [-0.05, 0) is 43.4 Å². The maximum absolute atomic E-state index is 4.83. The molecule has 4 atom stereocenters. The van der Waals surface area contributed by atoms with Crippen LogP contribution in [-0.2, 0) is 0 Å². The Morgan fingerprint density at radius 1 is 1.35 bits per heavy atom. The van der Waals surface area contributed by atoms with Crippen molar-refractivity contribution in [2.24, 2.45) is 23.2 Å². The standard InChI is InChI=1S/C16H28N/c1-11(2)14-7-6-13(4)16(15(14)17-5)9-8-12(3)10-16/h10-11,13-15H,6-9H2,1-5H3/q-1. The van der Waals surface area contributed by atoms with Crippen LogP contribution in [0.1, 0.15) is 53.4 Å². The lowest BCUT2D eigenvalue weighted by molar-refractivity contribution is 0.0788.